The van der Waals surface area contributed by atoms with E-state index in [0.717, 1.165) is 35.6 Å². The number of rotatable bonds is 13. The number of nitrogens with zero attached hydrogens (tertiary/aromatic N) is 5. The first-order valence-electron chi connectivity index (χ1n) is 12.3. The van der Waals surface area contributed by atoms with Gasteiger partial charge in [-0.3, -0.25) is 4.79 Å². The van der Waals surface area contributed by atoms with Gasteiger partial charge in [0.1, 0.15) is 6.61 Å². The van der Waals surface area contributed by atoms with Gasteiger partial charge in [-0.2, -0.15) is 5.10 Å². The molecule has 4 rings (SSSR count). The molecule has 0 aliphatic carbocycles. The van der Waals surface area contributed by atoms with Gasteiger partial charge in [0.05, 0.1) is 34.6 Å². The molecule has 0 unspecified atom stereocenters. The summed E-state index contributed by atoms with van der Waals surface area (Å²) in [5.41, 5.74) is 3.48. The lowest BCUT2D eigenvalue weighted by Gasteiger charge is -2.26. The standard InChI is InChI=1S/C27H33N5O3S/c1-5-31(6-2)19(3)9-10-24(33)20-16-23(29-26(17-20)35-14-13-34-4)21-18-28-32-12-11-22(30-27(21)32)25-8-7-15-36-25/h7-8,11-12,15-19H,5-6,9-10,13-14H2,1-4H3/t19-/m0/s1. The molecule has 0 fully saturated rings. The van der Waals surface area contributed by atoms with Crippen molar-refractivity contribution in [3.05, 3.63) is 53.7 Å². The van der Waals surface area contributed by atoms with Gasteiger partial charge >= 0.3 is 0 Å². The van der Waals surface area contributed by atoms with Crippen LogP contribution in [0.15, 0.2) is 48.1 Å². The number of fused-ring (bicyclic) bond motifs is 1. The van der Waals surface area contributed by atoms with Crippen LogP contribution in [0.4, 0.5) is 0 Å². The lowest BCUT2D eigenvalue weighted by molar-refractivity contribution is 0.0963. The molecule has 4 aromatic rings. The van der Waals surface area contributed by atoms with Crippen molar-refractivity contribution in [3.8, 4) is 27.7 Å². The number of carbonyl (C=O) groups excluding carboxylic acids is 1. The predicted molar refractivity (Wildman–Crippen MR) is 143 cm³/mol. The van der Waals surface area contributed by atoms with Crippen molar-refractivity contribution in [3.63, 3.8) is 0 Å². The van der Waals surface area contributed by atoms with Crippen LogP contribution in [0, 0.1) is 0 Å². The largest absolute Gasteiger partial charge is 0.475 e. The summed E-state index contributed by atoms with van der Waals surface area (Å²) in [4.78, 5) is 26.2. The Morgan fingerprint density at radius 2 is 1.97 bits per heavy atom. The monoisotopic (exact) mass is 507 g/mol. The van der Waals surface area contributed by atoms with Crippen LogP contribution in [-0.4, -0.2) is 69.7 Å². The zero-order valence-electron chi connectivity index (χ0n) is 21.3. The van der Waals surface area contributed by atoms with Crippen LogP contribution in [0.2, 0.25) is 0 Å². The zero-order valence-corrected chi connectivity index (χ0v) is 22.1. The molecule has 0 spiro atoms. The minimum absolute atomic E-state index is 0.0676. The Bertz CT molecular complexity index is 1280. The third kappa shape index (κ3) is 5.98. The molecule has 0 N–H and O–H groups in total. The van der Waals surface area contributed by atoms with E-state index in [1.807, 2.05) is 35.8 Å². The molecule has 0 bridgehead atoms. The Labute approximate surface area is 215 Å². The van der Waals surface area contributed by atoms with Gasteiger partial charge in [0.15, 0.2) is 11.4 Å². The van der Waals surface area contributed by atoms with Crippen LogP contribution >= 0.6 is 11.3 Å². The molecule has 190 valence electrons. The number of aromatic nitrogens is 4. The topological polar surface area (TPSA) is 81.9 Å². The number of Topliss-reactive ketones (excluding diaryl/α,β-unsaturated/α-hetero) is 1. The quantitative estimate of drug-likeness (QED) is 0.181. The van der Waals surface area contributed by atoms with E-state index in [-0.39, 0.29) is 5.78 Å². The van der Waals surface area contributed by atoms with E-state index in [9.17, 15) is 4.79 Å². The fraction of sp³-hybridized carbons (Fsp3) is 0.407. The van der Waals surface area contributed by atoms with Gasteiger partial charge in [0.25, 0.3) is 0 Å². The van der Waals surface area contributed by atoms with Crippen LogP contribution in [-0.2, 0) is 4.74 Å². The Hall–Kier alpha value is -3.14. The van der Waals surface area contributed by atoms with Gasteiger partial charge < -0.3 is 14.4 Å². The maximum absolute atomic E-state index is 13.3. The molecule has 0 aliphatic heterocycles. The van der Waals surface area contributed by atoms with Gasteiger partial charge in [-0.15, -0.1) is 11.3 Å². The van der Waals surface area contributed by atoms with E-state index >= 15 is 0 Å². The highest BCUT2D eigenvalue weighted by Crippen LogP contribution is 2.29. The number of ether oxygens (including phenoxy) is 2. The van der Waals surface area contributed by atoms with Crippen molar-refractivity contribution in [2.45, 2.75) is 39.7 Å². The minimum Gasteiger partial charge on any atom is -0.475 e. The highest BCUT2D eigenvalue weighted by molar-refractivity contribution is 7.13. The first kappa shape index (κ1) is 25.9. The maximum atomic E-state index is 13.3. The van der Waals surface area contributed by atoms with Gasteiger partial charge in [-0.25, -0.2) is 14.5 Å². The van der Waals surface area contributed by atoms with Crippen molar-refractivity contribution >= 4 is 22.8 Å². The maximum Gasteiger partial charge on any atom is 0.214 e. The highest BCUT2D eigenvalue weighted by atomic mass is 32.1. The lowest BCUT2D eigenvalue weighted by atomic mass is 10.0. The normalized spacial score (nSPS) is 12.4. The molecule has 9 heteroatoms. The average Bonchev–Trinajstić information content (AvgIpc) is 3.58. The Balaban J connectivity index is 1.66. The van der Waals surface area contributed by atoms with Gasteiger partial charge in [0.2, 0.25) is 5.88 Å². The van der Waals surface area contributed by atoms with E-state index in [2.05, 4.69) is 30.8 Å². The molecule has 1 atom stereocenters. The summed E-state index contributed by atoms with van der Waals surface area (Å²) in [5.74, 6) is 0.455. The molecule has 0 amide bonds. The highest BCUT2D eigenvalue weighted by Gasteiger charge is 2.18. The number of carbonyl (C=O) groups is 1. The van der Waals surface area contributed by atoms with E-state index in [0.29, 0.717) is 48.5 Å². The third-order valence-electron chi connectivity index (χ3n) is 6.30. The first-order valence-corrected chi connectivity index (χ1v) is 13.2. The summed E-state index contributed by atoms with van der Waals surface area (Å²) in [5, 5.41) is 6.49. The molecular formula is C27H33N5O3S. The van der Waals surface area contributed by atoms with Crippen molar-refractivity contribution in [2.75, 3.05) is 33.4 Å². The van der Waals surface area contributed by atoms with Crippen molar-refractivity contribution in [1.82, 2.24) is 24.5 Å². The number of hydrogen-bond donors (Lipinski definition) is 0. The van der Waals surface area contributed by atoms with E-state index < -0.39 is 0 Å². The molecule has 4 aromatic heterocycles. The summed E-state index contributed by atoms with van der Waals surface area (Å²) < 4.78 is 12.7. The van der Waals surface area contributed by atoms with Crippen molar-refractivity contribution < 1.29 is 14.3 Å². The molecule has 8 nitrogen and oxygen atoms in total. The molecule has 0 saturated carbocycles. The van der Waals surface area contributed by atoms with Crippen molar-refractivity contribution in [1.29, 1.82) is 0 Å². The Morgan fingerprint density at radius 1 is 1.14 bits per heavy atom. The fourth-order valence-corrected chi connectivity index (χ4v) is 4.93. The second-order valence-corrected chi connectivity index (χ2v) is 9.52. The predicted octanol–water partition coefficient (Wildman–Crippen LogP) is 5.24. The number of ketones is 1. The summed E-state index contributed by atoms with van der Waals surface area (Å²) in [7, 11) is 1.62. The molecule has 0 saturated heterocycles. The SMILES string of the molecule is CCN(CC)[C@@H](C)CCC(=O)c1cc(OCCOC)nc(-c2cnn3ccc(-c4cccs4)nc23)c1. The van der Waals surface area contributed by atoms with Crippen LogP contribution in [0.25, 0.3) is 27.5 Å². The Kier molecular flexibility index (Phi) is 8.79. The van der Waals surface area contributed by atoms with Gasteiger partial charge in [-0.05, 0) is 50.0 Å². The van der Waals surface area contributed by atoms with Crippen LogP contribution in [0.1, 0.15) is 44.0 Å². The summed E-state index contributed by atoms with van der Waals surface area (Å²) in [6, 6.07) is 9.87. The average molecular weight is 508 g/mol. The second-order valence-electron chi connectivity index (χ2n) is 8.57. The number of pyridine rings is 1. The molecule has 0 radical (unpaired) electrons. The van der Waals surface area contributed by atoms with E-state index in [1.54, 1.807) is 35.2 Å². The molecule has 36 heavy (non-hydrogen) atoms. The number of hydrogen-bond acceptors (Lipinski definition) is 8. The molecular weight excluding hydrogens is 474 g/mol. The molecule has 0 aromatic carbocycles. The van der Waals surface area contributed by atoms with Crippen LogP contribution in [0.3, 0.4) is 0 Å². The first-order chi connectivity index (χ1) is 17.5. The van der Waals surface area contributed by atoms with Gasteiger partial charge in [-0.1, -0.05) is 19.9 Å². The zero-order chi connectivity index (χ0) is 25.5. The van der Waals surface area contributed by atoms with Gasteiger partial charge in [0, 0.05) is 37.4 Å². The van der Waals surface area contributed by atoms with Crippen LogP contribution < -0.4 is 4.74 Å². The smallest absolute Gasteiger partial charge is 0.214 e. The van der Waals surface area contributed by atoms with E-state index in [1.165, 1.54) is 0 Å². The summed E-state index contributed by atoms with van der Waals surface area (Å²) in [6.45, 7) is 9.18. The lowest BCUT2D eigenvalue weighted by Crippen LogP contribution is -2.33. The fourth-order valence-electron chi connectivity index (χ4n) is 4.23. The second kappa shape index (κ2) is 12.2. The number of methoxy groups -OCH3 is 1. The molecule has 4 heterocycles. The summed E-state index contributed by atoms with van der Waals surface area (Å²) >= 11 is 1.63. The summed E-state index contributed by atoms with van der Waals surface area (Å²) in [6.07, 6.45) is 4.87. The molecule has 0 aliphatic rings. The van der Waals surface area contributed by atoms with E-state index in [4.69, 9.17) is 19.4 Å². The number of thiophene rings is 1. The van der Waals surface area contributed by atoms with Crippen LogP contribution in [0.5, 0.6) is 5.88 Å². The minimum atomic E-state index is 0.0676. The third-order valence-corrected chi connectivity index (χ3v) is 7.20. The Morgan fingerprint density at radius 3 is 2.69 bits per heavy atom. The van der Waals surface area contributed by atoms with Crippen molar-refractivity contribution in [2.24, 2.45) is 0 Å².